The Kier molecular flexibility index (Phi) is 5.49. The topological polar surface area (TPSA) is 23.5 Å². The Hall–Kier alpha value is -1.00. The highest BCUT2D eigenvalue weighted by atomic mass is 19.2. The molecule has 112 valence electrons. The molecule has 0 spiro atoms. The Labute approximate surface area is 119 Å². The zero-order chi connectivity index (χ0) is 14.5. The molecule has 1 N–H and O–H groups in total. The molecule has 1 fully saturated rings. The van der Waals surface area contributed by atoms with Gasteiger partial charge in [-0.05, 0) is 37.8 Å². The maximum atomic E-state index is 13.6. The smallest absolute Gasteiger partial charge is 0.164 e. The number of aliphatic hydroxyl groups excluding tert-OH is 1. The number of benzene rings is 1. The van der Waals surface area contributed by atoms with Crippen molar-refractivity contribution < 1.29 is 13.9 Å². The van der Waals surface area contributed by atoms with Crippen molar-refractivity contribution in [2.24, 2.45) is 5.92 Å². The van der Waals surface area contributed by atoms with E-state index in [9.17, 15) is 13.9 Å². The van der Waals surface area contributed by atoms with E-state index in [1.54, 1.807) is 0 Å². The van der Waals surface area contributed by atoms with Crippen molar-refractivity contribution in [3.05, 3.63) is 35.4 Å². The SMILES string of the molecule is CCC1CCCN(CCC(O)c2cccc(F)c2F)C1. The summed E-state index contributed by atoms with van der Waals surface area (Å²) in [6.45, 7) is 5.02. The molecule has 2 unspecified atom stereocenters. The fraction of sp³-hybridized carbons (Fsp3) is 0.625. The van der Waals surface area contributed by atoms with E-state index in [1.807, 2.05) is 0 Å². The Bertz CT molecular complexity index is 438. The van der Waals surface area contributed by atoms with Gasteiger partial charge < -0.3 is 10.0 Å². The van der Waals surface area contributed by atoms with Crippen LogP contribution in [-0.4, -0.2) is 29.6 Å². The average Bonchev–Trinajstić information content (AvgIpc) is 2.48. The number of aliphatic hydroxyl groups is 1. The van der Waals surface area contributed by atoms with Crippen molar-refractivity contribution in [3.63, 3.8) is 0 Å². The van der Waals surface area contributed by atoms with Gasteiger partial charge >= 0.3 is 0 Å². The van der Waals surface area contributed by atoms with Gasteiger partial charge in [-0.3, -0.25) is 0 Å². The molecule has 1 heterocycles. The zero-order valence-corrected chi connectivity index (χ0v) is 12.0. The third-order valence-electron chi connectivity index (χ3n) is 4.24. The van der Waals surface area contributed by atoms with Crippen molar-refractivity contribution in [1.82, 2.24) is 4.90 Å². The monoisotopic (exact) mass is 283 g/mol. The van der Waals surface area contributed by atoms with Crippen LogP contribution in [0.1, 0.15) is 44.3 Å². The molecule has 0 radical (unpaired) electrons. The van der Waals surface area contributed by atoms with Gasteiger partial charge in [-0.2, -0.15) is 0 Å². The van der Waals surface area contributed by atoms with Crippen molar-refractivity contribution >= 4 is 0 Å². The molecule has 2 rings (SSSR count). The van der Waals surface area contributed by atoms with Gasteiger partial charge in [0.15, 0.2) is 11.6 Å². The van der Waals surface area contributed by atoms with E-state index in [0.29, 0.717) is 6.42 Å². The first kappa shape index (κ1) is 15.4. The molecule has 20 heavy (non-hydrogen) atoms. The van der Waals surface area contributed by atoms with Gasteiger partial charge in [-0.15, -0.1) is 0 Å². The molecule has 1 aromatic rings. The predicted octanol–water partition coefficient (Wildman–Crippen LogP) is 3.51. The summed E-state index contributed by atoms with van der Waals surface area (Å²) in [6, 6.07) is 3.96. The molecule has 0 aromatic heterocycles. The van der Waals surface area contributed by atoms with Gasteiger partial charge in [0.25, 0.3) is 0 Å². The Morgan fingerprint density at radius 3 is 2.95 bits per heavy atom. The summed E-state index contributed by atoms with van der Waals surface area (Å²) in [4.78, 5) is 2.32. The zero-order valence-electron chi connectivity index (χ0n) is 12.0. The Balaban J connectivity index is 1.88. The molecule has 0 saturated carbocycles. The van der Waals surface area contributed by atoms with E-state index >= 15 is 0 Å². The third kappa shape index (κ3) is 3.76. The van der Waals surface area contributed by atoms with Gasteiger partial charge in [0.05, 0.1) is 6.10 Å². The minimum atomic E-state index is -0.937. The van der Waals surface area contributed by atoms with Crippen molar-refractivity contribution in [3.8, 4) is 0 Å². The largest absolute Gasteiger partial charge is 0.388 e. The average molecular weight is 283 g/mol. The fourth-order valence-electron chi connectivity index (χ4n) is 2.93. The maximum absolute atomic E-state index is 13.6. The normalized spacial score (nSPS) is 21.9. The van der Waals surface area contributed by atoms with Crippen LogP contribution in [0.4, 0.5) is 8.78 Å². The number of hydrogen-bond donors (Lipinski definition) is 1. The van der Waals surface area contributed by atoms with Crippen LogP contribution in [-0.2, 0) is 0 Å². The maximum Gasteiger partial charge on any atom is 0.164 e. The molecular formula is C16H23F2NO. The van der Waals surface area contributed by atoms with Crippen LogP contribution in [0, 0.1) is 17.6 Å². The lowest BCUT2D eigenvalue weighted by atomic mass is 9.95. The number of piperidine rings is 1. The van der Waals surface area contributed by atoms with Crippen LogP contribution in [0.25, 0.3) is 0 Å². The summed E-state index contributed by atoms with van der Waals surface area (Å²) < 4.78 is 26.7. The molecule has 1 aliphatic heterocycles. The third-order valence-corrected chi connectivity index (χ3v) is 4.24. The van der Waals surface area contributed by atoms with E-state index in [2.05, 4.69) is 11.8 Å². The first-order valence-corrected chi connectivity index (χ1v) is 7.46. The van der Waals surface area contributed by atoms with E-state index in [0.717, 1.165) is 31.6 Å². The van der Waals surface area contributed by atoms with Gasteiger partial charge in [-0.1, -0.05) is 25.5 Å². The Morgan fingerprint density at radius 2 is 2.20 bits per heavy atom. The molecule has 1 saturated heterocycles. The van der Waals surface area contributed by atoms with Crippen LogP contribution in [0.5, 0.6) is 0 Å². The molecule has 4 heteroatoms. The molecule has 0 amide bonds. The standard InChI is InChI=1S/C16H23F2NO/c1-2-12-5-4-9-19(11-12)10-8-15(20)13-6-3-7-14(17)16(13)18/h3,6-7,12,15,20H,2,4-5,8-11H2,1H3. The predicted molar refractivity (Wildman–Crippen MR) is 75.4 cm³/mol. The quantitative estimate of drug-likeness (QED) is 0.894. The number of likely N-dealkylation sites (tertiary alicyclic amines) is 1. The molecule has 2 atom stereocenters. The second-order valence-corrected chi connectivity index (χ2v) is 5.66. The molecule has 1 aliphatic rings. The fourth-order valence-corrected chi connectivity index (χ4v) is 2.93. The van der Waals surface area contributed by atoms with E-state index in [1.165, 1.54) is 31.4 Å². The number of halogens is 2. The summed E-state index contributed by atoms with van der Waals surface area (Å²) in [5.74, 6) is -1.09. The van der Waals surface area contributed by atoms with Gasteiger partial charge in [0.2, 0.25) is 0 Å². The molecule has 0 aliphatic carbocycles. The van der Waals surface area contributed by atoms with E-state index in [4.69, 9.17) is 0 Å². The van der Waals surface area contributed by atoms with Gasteiger partial charge in [0.1, 0.15) is 0 Å². The van der Waals surface area contributed by atoms with Gasteiger partial charge in [-0.25, -0.2) is 8.78 Å². The lowest BCUT2D eigenvalue weighted by Gasteiger charge is -2.32. The van der Waals surface area contributed by atoms with E-state index < -0.39 is 17.7 Å². The number of nitrogens with zero attached hydrogens (tertiary/aromatic N) is 1. The first-order chi connectivity index (χ1) is 9.61. The van der Waals surface area contributed by atoms with Crippen LogP contribution in [0.15, 0.2) is 18.2 Å². The molecule has 1 aromatic carbocycles. The highest BCUT2D eigenvalue weighted by Gasteiger charge is 2.21. The first-order valence-electron chi connectivity index (χ1n) is 7.46. The van der Waals surface area contributed by atoms with Crippen LogP contribution in [0.3, 0.4) is 0 Å². The highest BCUT2D eigenvalue weighted by molar-refractivity contribution is 5.21. The van der Waals surface area contributed by atoms with E-state index in [-0.39, 0.29) is 5.56 Å². The van der Waals surface area contributed by atoms with Crippen molar-refractivity contribution in [2.45, 2.75) is 38.7 Å². The van der Waals surface area contributed by atoms with Gasteiger partial charge in [0, 0.05) is 18.7 Å². The van der Waals surface area contributed by atoms with Crippen LogP contribution < -0.4 is 0 Å². The second kappa shape index (κ2) is 7.14. The second-order valence-electron chi connectivity index (χ2n) is 5.66. The molecule has 0 bridgehead atoms. The summed E-state index contributed by atoms with van der Waals surface area (Å²) >= 11 is 0. The molecule has 2 nitrogen and oxygen atoms in total. The lowest BCUT2D eigenvalue weighted by molar-refractivity contribution is 0.115. The highest BCUT2D eigenvalue weighted by Crippen LogP contribution is 2.24. The Morgan fingerprint density at radius 1 is 1.40 bits per heavy atom. The van der Waals surface area contributed by atoms with Crippen LogP contribution >= 0.6 is 0 Å². The van der Waals surface area contributed by atoms with Crippen molar-refractivity contribution in [1.29, 1.82) is 0 Å². The minimum Gasteiger partial charge on any atom is -0.388 e. The number of rotatable bonds is 5. The minimum absolute atomic E-state index is 0.0639. The lowest BCUT2D eigenvalue weighted by Crippen LogP contribution is -2.36. The summed E-state index contributed by atoms with van der Waals surface area (Å²) in [7, 11) is 0. The van der Waals surface area contributed by atoms with Crippen molar-refractivity contribution in [2.75, 3.05) is 19.6 Å². The number of hydrogen-bond acceptors (Lipinski definition) is 2. The molecular weight excluding hydrogens is 260 g/mol. The summed E-state index contributed by atoms with van der Waals surface area (Å²) in [5.41, 5.74) is 0.0639. The summed E-state index contributed by atoms with van der Waals surface area (Å²) in [6.07, 6.45) is 3.14. The summed E-state index contributed by atoms with van der Waals surface area (Å²) in [5, 5.41) is 10.0. The van der Waals surface area contributed by atoms with Crippen LogP contribution in [0.2, 0.25) is 0 Å².